The number of benzene rings is 3. The summed E-state index contributed by atoms with van der Waals surface area (Å²) in [4.78, 5) is 37.8. The zero-order valence-corrected chi connectivity index (χ0v) is 20.1. The number of hydrogen-bond acceptors (Lipinski definition) is 9. The van der Waals surface area contributed by atoms with Crippen molar-refractivity contribution in [3.63, 3.8) is 0 Å². The smallest absolute Gasteiger partial charge is 0.338 e. The number of carbonyl (C=O) groups is 3. The Morgan fingerprint density at radius 2 is 0.944 bits per heavy atom. The van der Waals surface area contributed by atoms with E-state index < -0.39 is 24.0 Å². The van der Waals surface area contributed by atoms with Gasteiger partial charge < -0.3 is 28.4 Å². The normalized spacial score (nSPS) is 10.3. The monoisotopic (exact) mass is 494 g/mol. The van der Waals surface area contributed by atoms with Crippen molar-refractivity contribution in [1.82, 2.24) is 0 Å². The number of hydrogen-bond donors (Lipinski definition) is 0. The van der Waals surface area contributed by atoms with Crippen LogP contribution in [0.1, 0.15) is 31.1 Å². The summed E-state index contributed by atoms with van der Waals surface area (Å²) in [5.74, 6) is -0.579. The molecule has 0 amide bonds. The van der Waals surface area contributed by atoms with Gasteiger partial charge >= 0.3 is 17.9 Å². The van der Waals surface area contributed by atoms with Gasteiger partial charge in [-0.05, 0) is 54.6 Å². The fraction of sp³-hybridized carbons (Fsp3) is 0.222. The first-order valence-corrected chi connectivity index (χ1v) is 10.9. The standard InChI is InChI=1S/C27H26O9/c1-31-21-10-4-7-18(13-21)25(28)34-16-24(36-27(30)20-9-6-12-23(15-20)33-3)17-35-26(29)19-8-5-11-22(14-19)32-2/h4-15,24H,16-17H2,1-3H3. The molecule has 0 radical (unpaired) electrons. The van der Waals surface area contributed by atoms with Gasteiger partial charge in [0.05, 0.1) is 38.0 Å². The van der Waals surface area contributed by atoms with Gasteiger partial charge in [0.2, 0.25) is 0 Å². The van der Waals surface area contributed by atoms with E-state index in [1.54, 1.807) is 54.6 Å². The Kier molecular flexibility index (Phi) is 9.27. The highest BCUT2D eigenvalue weighted by atomic mass is 16.6. The number of rotatable bonds is 11. The van der Waals surface area contributed by atoms with Crippen LogP contribution in [0.25, 0.3) is 0 Å². The lowest BCUT2D eigenvalue weighted by atomic mass is 10.2. The van der Waals surface area contributed by atoms with Gasteiger partial charge in [0.25, 0.3) is 0 Å². The molecule has 188 valence electrons. The van der Waals surface area contributed by atoms with E-state index in [4.69, 9.17) is 28.4 Å². The van der Waals surface area contributed by atoms with Crippen molar-refractivity contribution in [1.29, 1.82) is 0 Å². The van der Waals surface area contributed by atoms with E-state index >= 15 is 0 Å². The Morgan fingerprint density at radius 1 is 0.583 bits per heavy atom. The molecule has 3 aromatic carbocycles. The molecule has 0 unspecified atom stereocenters. The minimum atomic E-state index is -1.08. The largest absolute Gasteiger partial charge is 0.497 e. The predicted octanol–water partition coefficient (Wildman–Crippen LogP) is 3.95. The van der Waals surface area contributed by atoms with Crippen LogP contribution >= 0.6 is 0 Å². The quantitative estimate of drug-likeness (QED) is 0.289. The second-order valence-corrected chi connectivity index (χ2v) is 7.42. The minimum Gasteiger partial charge on any atom is -0.497 e. The molecule has 0 aliphatic rings. The van der Waals surface area contributed by atoms with Gasteiger partial charge in [0, 0.05) is 0 Å². The fourth-order valence-electron chi connectivity index (χ4n) is 3.09. The molecule has 0 heterocycles. The van der Waals surface area contributed by atoms with Crippen molar-refractivity contribution < 1.29 is 42.8 Å². The second-order valence-electron chi connectivity index (χ2n) is 7.42. The molecule has 3 rings (SSSR count). The van der Waals surface area contributed by atoms with Crippen LogP contribution in [0, 0.1) is 0 Å². The summed E-state index contributed by atoms with van der Waals surface area (Å²) in [5, 5.41) is 0. The Labute approximate surface area is 208 Å². The molecule has 9 heteroatoms. The zero-order valence-electron chi connectivity index (χ0n) is 20.1. The Morgan fingerprint density at radius 3 is 1.31 bits per heavy atom. The van der Waals surface area contributed by atoms with Gasteiger partial charge in [0.1, 0.15) is 30.5 Å². The summed E-state index contributed by atoms with van der Waals surface area (Å²) >= 11 is 0. The highest BCUT2D eigenvalue weighted by Crippen LogP contribution is 2.17. The van der Waals surface area contributed by atoms with E-state index in [0.717, 1.165) is 0 Å². The summed E-state index contributed by atoms with van der Waals surface area (Å²) < 4.78 is 31.6. The van der Waals surface area contributed by atoms with Crippen LogP contribution in [-0.2, 0) is 14.2 Å². The van der Waals surface area contributed by atoms with Gasteiger partial charge in [-0.25, -0.2) is 14.4 Å². The molecule has 9 nitrogen and oxygen atoms in total. The van der Waals surface area contributed by atoms with Gasteiger partial charge in [-0.1, -0.05) is 18.2 Å². The van der Waals surface area contributed by atoms with Gasteiger partial charge in [-0.3, -0.25) is 0 Å². The SMILES string of the molecule is COc1cccc(C(=O)OCC(COC(=O)c2cccc(OC)c2)OC(=O)c2cccc(OC)c2)c1. The molecule has 0 aromatic heterocycles. The van der Waals surface area contributed by atoms with E-state index in [2.05, 4.69) is 0 Å². The average molecular weight is 494 g/mol. The summed E-state index contributed by atoms with van der Waals surface area (Å²) in [6.07, 6.45) is -1.08. The highest BCUT2D eigenvalue weighted by Gasteiger charge is 2.22. The first-order valence-electron chi connectivity index (χ1n) is 10.9. The molecule has 0 fully saturated rings. The second kappa shape index (κ2) is 12.8. The molecule has 0 saturated heterocycles. The molecule has 0 spiro atoms. The third kappa shape index (κ3) is 7.23. The van der Waals surface area contributed by atoms with Gasteiger partial charge in [0.15, 0.2) is 6.10 Å². The summed E-state index contributed by atoms with van der Waals surface area (Å²) in [6.45, 7) is -0.700. The van der Waals surface area contributed by atoms with E-state index in [9.17, 15) is 14.4 Å². The lowest BCUT2D eigenvalue weighted by Gasteiger charge is -2.18. The maximum atomic E-state index is 12.7. The maximum Gasteiger partial charge on any atom is 0.338 e. The van der Waals surface area contributed by atoms with Gasteiger partial charge in [-0.15, -0.1) is 0 Å². The van der Waals surface area contributed by atoms with Crippen LogP contribution in [-0.4, -0.2) is 58.6 Å². The fourth-order valence-corrected chi connectivity index (χ4v) is 3.09. The lowest BCUT2D eigenvalue weighted by molar-refractivity contribution is -0.0254. The van der Waals surface area contributed by atoms with Crippen molar-refractivity contribution in [2.24, 2.45) is 0 Å². The van der Waals surface area contributed by atoms with E-state index in [-0.39, 0.29) is 29.9 Å². The molecule has 0 aliphatic carbocycles. The number of carbonyl (C=O) groups excluding carboxylic acids is 3. The van der Waals surface area contributed by atoms with Crippen LogP contribution in [0.15, 0.2) is 72.8 Å². The highest BCUT2D eigenvalue weighted by molar-refractivity contribution is 5.91. The van der Waals surface area contributed by atoms with Crippen LogP contribution < -0.4 is 14.2 Å². The lowest BCUT2D eigenvalue weighted by Crippen LogP contribution is -2.31. The molecule has 36 heavy (non-hydrogen) atoms. The molecule has 0 saturated carbocycles. The number of ether oxygens (including phenoxy) is 6. The van der Waals surface area contributed by atoms with Crippen LogP contribution in [0.5, 0.6) is 17.2 Å². The van der Waals surface area contributed by atoms with Crippen molar-refractivity contribution in [2.75, 3.05) is 34.5 Å². The maximum absolute atomic E-state index is 12.7. The van der Waals surface area contributed by atoms with E-state index in [1.807, 2.05) is 0 Å². The first kappa shape index (κ1) is 26.1. The third-order valence-corrected chi connectivity index (χ3v) is 4.99. The Hall–Kier alpha value is -4.53. The van der Waals surface area contributed by atoms with E-state index in [0.29, 0.717) is 17.2 Å². The van der Waals surface area contributed by atoms with Gasteiger partial charge in [-0.2, -0.15) is 0 Å². The van der Waals surface area contributed by atoms with Crippen molar-refractivity contribution in [3.05, 3.63) is 89.5 Å². The van der Waals surface area contributed by atoms with Crippen LogP contribution in [0.4, 0.5) is 0 Å². The molecular weight excluding hydrogens is 468 g/mol. The van der Waals surface area contributed by atoms with Crippen molar-refractivity contribution >= 4 is 17.9 Å². The first-order chi connectivity index (χ1) is 17.4. The minimum absolute atomic E-state index is 0.220. The molecule has 3 aromatic rings. The zero-order chi connectivity index (χ0) is 25.9. The molecule has 0 aliphatic heterocycles. The summed E-state index contributed by atoms with van der Waals surface area (Å²) in [7, 11) is 4.44. The number of methoxy groups -OCH3 is 3. The van der Waals surface area contributed by atoms with Crippen molar-refractivity contribution in [2.45, 2.75) is 6.10 Å². The third-order valence-electron chi connectivity index (χ3n) is 4.99. The number of esters is 3. The molecule has 0 N–H and O–H groups in total. The Bertz CT molecular complexity index is 1140. The van der Waals surface area contributed by atoms with Crippen LogP contribution in [0.2, 0.25) is 0 Å². The van der Waals surface area contributed by atoms with Crippen LogP contribution in [0.3, 0.4) is 0 Å². The predicted molar refractivity (Wildman–Crippen MR) is 129 cm³/mol. The summed E-state index contributed by atoms with van der Waals surface area (Å²) in [6, 6.07) is 19.2. The summed E-state index contributed by atoms with van der Waals surface area (Å²) in [5.41, 5.74) is 0.721. The average Bonchev–Trinajstić information content (AvgIpc) is 2.93. The molecule has 0 bridgehead atoms. The molecular formula is C27H26O9. The Balaban J connectivity index is 1.70. The topological polar surface area (TPSA) is 107 Å². The molecule has 0 atom stereocenters. The van der Waals surface area contributed by atoms with E-state index in [1.165, 1.54) is 39.5 Å². The van der Waals surface area contributed by atoms with Crippen molar-refractivity contribution in [3.8, 4) is 17.2 Å².